The molecule has 5 nitrogen and oxygen atoms in total. The molecule has 1 unspecified atom stereocenters. The first-order valence-corrected chi connectivity index (χ1v) is 10.0. The monoisotopic (exact) mass is 370 g/mol. The SMILES string of the molecule is CCN1C(=O)C(c2ccc(OCC(C)C)cc2)=C(N2CCCC(C)C2)C1=O. The first-order chi connectivity index (χ1) is 12.9. The Morgan fingerprint density at radius 1 is 1.15 bits per heavy atom. The summed E-state index contributed by atoms with van der Waals surface area (Å²) in [5.74, 6) is 1.41. The molecule has 0 saturated carbocycles. The molecule has 146 valence electrons. The smallest absolute Gasteiger partial charge is 0.277 e. The van der Waals surface area contributed by atoms with Crippen LogP contribution in [0.3, 0.4) is 0 Å². The van der Waals surface area contributed by atoms with Crippen LogP contribution < -0.4 is 4.74 Å². The zero-order valence-electron chi connectivity index (χ0n) is 16.8. The topological polar surface area (TPSA) is 49.9 Å². The average Bonchev–Trinajstić information content (AvgIpc) is 2.90. The van der Waals surface area contributed by atoms with Crippen molar-refractivity contribution in [3.8, 4) is 5.75 Å². The van der Waals surface area contributed by atoms with E-state index in [4.69, 9.17) is 4.74 Å². The van der Waals surface area contributed by atoms with E-state index in [0.29, 0.717) is 36.3 Å². The van der Waals surface area contributed by atoms with Crippen LogP contribution in [0.2, 0.25) is 0 Å². The summed E-state index contributed by atoms with van der Waals surface area (Å²) in [5, 5.41) is 0. The fourth-order valence-electron chi connectivity index (χ4n) is 3.78. The molecular weight excluding hydrogens is 340 g/mol. The molecule has 3 rings (SSSR count). The van der Waals surface area contributed by atoms with E-state index in [1.807, 2.05) is 31.2 Å². The zero-order valence-corrected chi connectivity index (χ0v) is 16.8. The molecule has 0 bridgehead atoms. The number of likely N-dealkylation sites (N-methyl/N-ethyl adjacent to an activating group) is 1. The molecule has 27 heavy (non-hydrogen) atoms. The van der Waals surface area contributed by atoms with Crippen molar-refractivity contribution >= 4 is 17.4 Å². The molecule has 5 heteroatoms. The van der Waals surface area contributed by atoms with Gasteiger partial charge in [-0.1, -0.05) is 32.9 Å². The van der Waals surface area contributed by atoms with Gasteiger partial charge in [0, 0.05) is 19.6 Å². The van der Waals surface area contributed by atoms with Gasteiger partial charge < -0.3 is 9.64 Å². The second-order valence-electron chi connectivity index (χ2n) is 8.00. The molecule has 2 amide bonds. The van der Waals surface area contributed by atoms with Crippen LogP contribution in [0.4, 0.5) is 0 Å². The predicted octanol–water partition coefficient (Wildman–Crippen LogP) is 3.55. The lowest BCUT2D eigenvalue weighted by Gasteiger charge is -2.33. The summed E-state index contributed by atoms with van der Waals surface area (Å²) >= 11 is 0. The van der Waals surface area contributed by atoms with E-state index in [2.05, 4.69) is 25.7 Å². The van der Waals surface area contributed by atoms with Crippen LogP contribution in [0.15, 0.2) is 30.0 Å². The number of amides is 2. The molecule has 0 N–H and O–H groups in total. The van der Waals surface area contributed by atoms with E-state index in [9.17, 15) is 9.59 Å². The Morgan fingerprint density at radius 2 is 1.85 bits per heavy atom. The maximum Gasteiger partial charge on any atom is 0.277 e. The summed E-state index contributed by atoms with van der Waals surface area (Å²) in [7, 11) is 0. The van der Waals surface area contributed by atoms with Gasteiger partial charge >= 0.3 is 0 Å². The van der Waals surface area contributed by atoms with Gasteiger partial charge in [0.1, 0.15) is 11.4 Å². The molecule has 0 aliphatic carbocycles. The second kappa shape index (κ2) is 8.15. The Balaban J connectivity index is 1.94. The van der Waals surface area contributed by atoms with E-state index in [1.54, 1.807) is 0 Å². The Bertz CT molecular complexity index is 736. The lowest BCUT2D eigenvalue weighted by Crippen LogP contribution is -2.39. The number of likely N-dealkylation sites (tertiary alicyclic amines) is 1. The van der Waals surface area contributed by atoms with Crippen molar-refractivity contribution in [1.82, 2.24) is 9.80 Å². The van der Waals surface area contributed by atoms with Crippen molar-refractivity contribution in [2.45, 2.75) is 40.5 Å². The van der Waals surface area contributed by atoms with Crippen LogP contribution in [0, 0.1) is 11.8 Å². The van der Waals surface area contributed by atoms with Gasteiger partial charge in [-0.3, -0.25) is 14.5 Å². The van der Waals surface area contributed by atoms with Crippen LogP contribution in [0.1, 0.15) is 46.1 Å². The zero-order chi connectivity index (χ0) is 19.6. The van der Waals surface area contributed by atoms with Crippen molar-refractivity contribution in [3.63, 3.8) is 0 Å². The summed E-state index contributed by atoms with van der Waals surface area (Å²) in [6.45, 7) is 11.0. The Labute approximate surface area is 162 Å². The second-order valence-corrected chi connectivity index (χ2v) is 8.00. The molecule has 1 aromatic rings. The number of carbonyl (C=O) groups is 2. The first-order valence-electron chi connectivity index (χ1n) is 10.0. The molecule has 2 aliphatic heterocycles. The fraction of sp³-hybridized carbons (Fsp3) is 0.545. The van der Waals surface area contributed by atoms with E-state index in [-0.39, 0.29) is 11.8 Å². The average molecular weight is 370 g/mol. The third-order valence-electron chi connectivity index (χ3n) is 5.16. The number of benzene rings is 1. The van der Waals surface area contributed by atoms with Gasteiger partial charge in [-0.05, 0) is 49.3 Å². The number of nitrogens with zero attached hydrogens (tertiary/aromatic N) is 2. The lowest BCUT2D eigenvalue weighted by molar-refractivity contribution is -0.137. The standard InChI is InChI=1S/C22H30N2O3/c1-5-24-21(25)19(17-8-10-18(11-9-17)27-14-15(2)3)20(22(24)26)23-12-6-7-16(4)13-23/h8-11,15-16H,5-7,12-14H2,1-4H3. The largest absolute Gasteiger partial charge is 0.493 e. The molecule has 2 aliphatic rings. The maximum atomic E-state index is 13.0. The minimum Gasteiger partial charge on any atom is -0.493 e. The highest BCUT2D eigenvalue weighted by molar-refractivity contribution is 6.35. The fourth-order valence-corrected chi connectivity index (χ4v) is 3.78. The summed E-state index contributed by atoms with van der Waals surface area (Å²) in [5.41, 5.74) is 1.89. The van der Waals surface area contributed by atoms with Crippen LogP contribution >= 0.6 is 0 Å². The van der Waals surface area contributed by atoms with Crippen molar-refractivity contribution in [3.05, 3.63) is 35.5 Å². The van der Waals surface area contributed by atoms with Gasteiger partial charge in [0.2, 0.25) is 0 Å². The Morgan fingerprint density at radius 3 is 2.44 bits per heavy atom. The molecule has 1 aromatic carbocycles. The number of rotatable bonds is 6. The minimum atomic E-state index is -0.188. The number of piperidine rings is 1. The van der Waals surface area contributed by atoms with Gasteiger partial charge in [-0.2, -0.15) is 0 Å². The van der Waals surface area contributed by atoms with E-state index < -0.39 is 0 Å². The maximum absolute atomic E-state index is 13.0. The van der Waals surface area contributed by atoms with E-state index in [0.717, 1.165) is 30.8 Å². The van der Waals surface area contributed by atoms with Crippen LogP contribution in [-0.2, 0) is 9.59 Å². The summed E-state index contributed by atoms with van der Waals surface area (Å²) in [4.78, 5) is 29.4. The normalized spacial score (nSPS) is 20.9. The third kappa shape index (κ3) is 4.02. The molecule has 1 saturated heterocycles. The van der Waals surface area contributed by atoms with Crippen LogP contribution in [-0.4, -0.2) is 47.9 Å². The number of ether oxygens (including phenoxy) is 1. The minimum absolute atomic E-state index is 0.160. The van der Waals surface area contributed by atoms with Crippen molar-refractivity contribution in [2.75, 3.05) is 26.2 Å². The molecule has 1 atom stereocenters. The number of hydrogen-bond acceptors (Lipinski definition) is 4. The number of carbonyl (C=O) groups excluding carboxylic acids is 2. The Hall–Kier alpha value is -2.30. The van der Waals surface area contributed by atoms with E-state index in [1.165, 1.54) is 11.3 Å². The number of imide groups is 1. The highest BCUT2D eigenvalue weighted by Gasteiger charge is 2.41. The predicted molar refractivity (Wildman–Crippen MR) is 106 cm³/mol. The van der Waals surface area contributed by atoms with Crippen molar-refractivity contribution < 1.29 is 14.3 Å². The summed E-state index contributed by atoms with van der Waals surface area (Å²) in [6.07, 6.45) is 2.22. The lowest BCUT2D eigenvalue weighted by atomic mass is 9.97. The van der Waals surface area contributed by atoms with Gasteiger partial charge in [0.05, 0.1) is 12.2 Å². The van der Waals surface area contributed by atoms with Crippen molar-refractivity contribution in [2.24, 2.45) is 11.8 Å². The van der Waals surface area contributed by atoms with E-state index >= 15 is 0 Å². The highest BCUT2D eigenvalue weighted by Crippen LogP contribution is 2.34. The molecular formula is C22H30N2O3. The molecule has 0 aromatic heterocycles. The van der Waals surface area contributed by atoms with Gasteiger partial charge in [-0.15, -0.1) is 0 Å². The first kappa shape index (κ1) is 19.5. The molecule has 0 radical (unpaired) electrons. The van der Waals surface area contributed by atoms with Gasteiger partial charge in [-0.25, -0.2) is 0 Å². The quantitative estimate of drug-likeness (QED) is 0.719. The van der Waals surface area contributed by atoms with Crippen LogP contribution in [0.5, 0.6) is 5.75 Å². The summed E-state index contributed by atoms with van der Waals surface area (Å²) < 4.78 is 5.74. The highest BCUT2D eigenvalue weighted by atomic mass is 16.5. The molecule has 1 fully saturated rings. The van der Waals surface area contributed by atoms with Crippen molar-refractivity contribution in [1.29, 1.82) is 0 Å². The van der Waals surface area contributed by atoms with Gasteiger partial charge in [0.15, 0.2) is 0 Å². The summed E-state index contributed by atoms with van der Waals surface area (Å²) in [6, 6.07) is 7.55. The Kier molecular flexibility index (Phi) is 5.88. The number of hydrogen-bond donors (Lipinski definition) is 0. The van der Waals surface area contributed by atoms with Crippen LogP contribution in [0.25, 0.3) is 5.57 Å². The van der Waals surface area contributed by atoms with Gasteiger partial charge in [0.25, 0.3) is 11.8 Å². The molecule has 2 heterocycles. The molecule has 0 spiro atoms. The third-order valence-corrected chi connectivity index (χ3v) is 5.16.